The molecular weight excluding hydrogens is 321 g/mol. The molecule has 25 heavy (non-hydrogen) atoms. The number of aliphatic hydroxyl groups excluding tert-OH is 1. The third-order valence-electron chi connectivity index (χ3n) is 4.34. The Kier molecular flexibility index (Phi) is 4.72. The van der Waals surface area contributed by atoms with Crippen LogP contribution in [0.4, 0.5) is 4.39 Å². The largest absolute Gasteiger partial charge is 0.481 e. The number of hydrogen-bond acceptors (Lipinski definition) is 4. The third-order valence-corrected chi connectivity index (χ3v) is 4.34. The maximum Gasteiger partial charge on any atom is 0.219 e. The number of ether oxygens (including phenoxy) is 1. The summed E-state index contributed by atoms with van der Waals surface area (Å²) < 4.78 is 21.5. The van der Waals surface area contributed by atoms with Crippen molar-refractivity contribution in [3.63, 3.8) is 0 Å². The van der Waals surface area contributed by atoms with E-state index in [-0.39, 0.29) is 11.7 Å². The lowest BCUT2D eigenvalue weighted by Crippen LogP contribution is -2.08. The number of hydrogen-bond donors (Lipinski definition) is 1. The van der Waals surface area contributed by atoms with Crippen LogP contribution in [0.15, 0.2) is 30.5 Å². The van der Waals surface area contributed by atoms with Crippen molar-refractivity contribution in [1.29, 1.82) is 0 Å². The van der Waals surface area contributed by atoms with Gasteiger partial charge in [-0.05, 0) is 37.1 Å². The molecule has 1 atom stereocenters. The molecule has 1 N–H and O–H groups in total. The Labute approximate surface area is 146 Å². The number of aromatic nitrogens is 3. The molecule has 6 heteroatoms. The van der Waals surface area contributed by atoms with Gasteiger partial charge in [0.25, 0.3) is 0 Å². The van der Waals surface area contributed by atoms with Crippen molar-refractivity contribution >= 4 is 10.9 Å². The van der Waals surface area contributed by atoms with E-state index in [1.165, 1.54) is 19.4 Å². The van der Waals surface area contributed by atoms with Gasteiger partial charge in [-0.15, -0.1) is 0 Å². The van der Waals surface area contributed by atoms with Crippen LogP contribution in [-0.4, -0.2) is 27.0 Å². The van der Waals surface area contributed by atoms with Crippen molar-refractivity contribution < 1.29 is 14.2 Å². The molecule has 0 aliphatic heterocycles. The second-order valence-corrected chi connectivity index (χ2v) is 6.34. The molecule has 132 valence electrons. The van der Waals surface area contributed by atoms with E-state index in [2.05, 4.69) is 10.1 Å². The highest BCUT2D eigenvalue weighted by Crippen LogP contribution is 2.32. The summed E-state index contributed by atoms with van der Waals surface area (Å²) in [7, 11) is 1.51. The summed E-state index contributed by atoms with van der Waals surface area (Å²) in [6.45, 7) is 6.46. The summed E-state index contributed by atoms with van der Waals surface area (Å²) in [6, 6.07) is 6.88. The average Bonchev–Trinajstić information content (AvgIpc) is 3.04. The number of fused-ring (bicyclic) bond motifs is 1. The average molecular weight is 343 g/mol. The molecule has 2 heterocycles. The molecule has 2 aromatic heterocycles. The number of benzene rings is 1. The van der Waals surface area contributed by atoms with E-state index < -0.39 is 6.10 Å². The SMILES string of the molecule is CCn1ncc2c(F)cc(-c3ccc(C(O)C(C)C)c(OC)n3)cc21. The smallest absolute Gasteiger partial charge is 0.219 e. The van der Waals surface area contributed by atoms with Crippen molar-refractivity contribution in [1.82, 2.24) is 14.8 Å². The first kappa shape index (κ1) is 17.4. The Bertz CT molecular complexity index is 905. The van der Waals surface area contributed by atoms with Gasteiger partial charge in [-0.2, -0.15) is 5.10 Å². The molecule has 0 aliphatic rings. The second-order valence-electron chi connectivity index (χ2n) is 6.34. The van der Waals surface area contributed by atoms with E-state index in [9.17, 15) is 9.50 Å². The fraction of sp³-hybridized carbons (Fsp3) is 0.368. The molecule has 0 bridgehead atoms. The number of aliphatic hydroxyl groups is 1. The van der Waals surface area contributed by atoms with E-state index in [0.717, 1.165) is 5.52 Å². The van der Waals surface area contributed by atoms with Crippen LogP contribution in [0, 0.1) is 11.7 Å². The molecule has 5 nitrogen and oxygen atoms in total. The van der Waals surface area contributed by atoms with Gasteiger partial charge in [0, 0.05) is 17.7 Å². The van der Waals surface area contributed by atoms with E-state index in [1.54, 1.807) is 16.8 Å². The Balaban J connectivity index is 2.11. The van der Waals surface area contributed by atoms with Crippen molar-refractivity contribution in [2.45, 2.75) is 33.4 Å². The van der Waals surface area contributed by atoms with Crippen molar-refractivity contribution in [2.75, 3.05) is 7.11 Å². The van der Waals surface area contributed by atoms with Crippen LogP contribution in [0.1, 0.15) is 32.4 Å². The molecular formula is C19H22FN3O2. The number of rotatable bonds is 5. The Morgan fingerprint density at radius 2 is 2.04 bits per heavy atom. The van der Waals surface area contributed by atoms with Gasteiger partial charge in [-0.3, -0.25) is 4.68 Å². The van der Waals surface area contributed by atoms with Crippen LogP contribution in [0.25, 0.3) is 22.2 Å². The minimum Gasteiger partial charge on any atom is -0.481 e. The van der Waals surface area contributed by atoms with Crippen LogP contribution >= 0.6 is 0 Å². The number of pyridine rings is 1. The highest BCUT2D eigenvalue weighted by Gasteiger charge is 2.19. The van der Waals surface area contributed by atoms with Gasteiger partial charge in [0.2, 0.25) is 5.88 Å². The van der Waals surface area contributed by atoms with Crippen LogP contribution in [0.2, 0.25) is 0 Å². The second kappa shape index (κ2) is 6.80. The van der Waals surface area contributed by atoms with Gasteiger partial charge in [0.15, 0.2) is 0 Å². The first-order valence-electron chi connectivity index (χ1n) is 8.34. The molecule has 0 amide bonds. The highest BCUT2D eigenvalue weighted by molar-refractivity contribution is 5.84. The zero-order chi connectivity index (χ0) is 18.1. The minimum absolute atomic E-state index is 0.0363. The molecule has 3 aromatic rings. The molecule has 0 spiro atoms. The maximum atomic E-state index is 14.4. The quantitative estimate of drug-likeness (QED) is 0.762. The van der Waals surface area contributed by atoms with E-state index >= 15 is 0 Å². The van der Waals surface area contributed by atoms with Crippen molar-refractivity contribution in [2.24, 2.45) is 5.92 Å². The van der Waals surface area contributed by atoms with Crippen LogP contribution in [-0.2, 0) is 6.54 Å². The standard InChI is InChI=1S/C19H22FN3O2/c1-5-23-17-9-12(8-15(20)14(17)10-21-23)16-7-6-13(18(24)11(2)3)19(22-16)25-4/h6-11,18,24H,5H2,1-4H3. The highest BCUT2D eigenvalue weighted by atomic mass is 19.1. The molecule has 0 saturated carbocycles. The monoisotopic (exact) mass is 343 g/mol. The Morgan fingerprint density at radius 1 is 1.28 bits per heavy atom. The molecule has 3 rings (SSSR count). The summed E-state index contributed by atoms with van der Waals surface area (Å²) in [5, 5.41) is 15.0. The van der Waals surface area contributed by atoms with E-state index in [4.69, 9.17) is 4.74 Å². The van der Waals surface area contributed by atoms with Gasteiger partial charge in [-0.25, -0.2) is 9.37 Å². The van der Waals surface area contributed by atoms with Gasteiger partial charge in [0.1, 0.15) is 5.82 Å². The summed E-state index contributed by atoms with van der Waals surface area (Å²) in [5.41, 5.74) is 2.58. The summed E-state index contributed by atoms with van der Waals surface area (Å²) in [4.78, 5) is 4.47. The van der Waals surface area contributed by atoms with Crippen LogP contribution in [0.3, 0.4) is 0 Å². The molecule has 1 unspecified atom stereocenters. The lowest BCUT2D eigenvalue weighted by atomic mass is 9.99. The minimum atomic E-state index is -0.669. The summed E-state index contributed by atoms with van der Waals surface area (Å²) >= 11 is 0. The van der Waals surface area contributed by atoms with Gasteiger partial charge in [0.05, 0.1) is 36.0 Å². The van der Waals surface area contributed by atoms with Crippen molar-refractivity contribution in [3.8, 4) is 17.1 Å². The topological polar surface area (TPSA) is 60.2 Å². The van der Waals surface area contributed by atoms with Crippen LogP contribution in [0.5, 0.6) is 5.88 Å². The number of nitrogens with zero attached hydrogens (tertiary/aromatic N) is 3. The molecule has 0 radical (unpaired) electrons. The lowest BCUT2D eigenvalue weighted by molar-refractivity contribution is 0.123. The zero-order valence-corrected chi connectivity index (χ0v) is 14.8. The first-order valence-corrected chi connectivity index (χ1v) is 8.34. The molecule has 0 fully saturated rings. The Morgan fingerprint density at radius 3 is 2.68 bits per heavy atom. The predicted octanol–water partition coefficient (Wildman–Crippen LogP) is 3.96. The van der Waals surface area contributed by atoms with Crippen LogP contribution < -0.4 is 4.74 Å². The molecule has 1 aromatic carbocycles. The number of aryl methyl sites for hydroxylation is 1. The van der Waals surface area contributed by atoms with E-state index in [0.29, 0.717) is 34.6 Å². The fourth-order valence-corrected chi connectivity index (χ4v) is 2.89. The summed E-state index contributed by atoms with van der Waals surface area (Å²) in [5.74, 6) is 0.0525. The van der Waals surface area contributed by atoms with Gasteiger partial charge >= 0.3 is 0 Å². The first-order chi connectivity index (χ1) is 12.0. The van der Waals surface area contributed by atoms with Gasteiger partial charge < -0.3 is 9.84 Å². The lowest BCUT2D eigenvalue weighted by Gasteiger charge is -2.18. The molecule has 0 saturated heterocycles. The predicted molar refractivity (Wildman–Crippen MR) is 94.9 cm³/mol. The third kappa shape index (κ3) is 3.09. The van der Waals surface area contributed by atoms with Gasteiger partial charge in [-0.1, -0.05) is 13.8 Å². The number of halogens is 1. The summed E-state index contributed by atoms with van der Waals surface area (Å²) in [6.07, 6.45) is 0.867. The Hall–Kier alpha value is -2.47. The maximum absolute atomic E-state index is 14.4. The normalized spacial score (nSPS) is 12.8. The zero-order valence-electron chi connectivity index (χ0n) is 14.8. The van der Waals surface area contributed by atoms with Crippen molar-refractivity contribution in [3.05, 3.63) is 41.8 Å². The van der Waals surface area contributed by atoms with E-state index in [1.807, 2.05) is 26.8 Å². The fourth-order valence-electron chi connectivity index (χ4n) is 2.89. The molecule has 0 aliphatic carbocycles. The number of methoxy groups -OCH3 is 1.